The van der Waals surface area contributed by atoms with Crippen molar-refractivity contribution in [2.24, 2.45) is 0 Å². The molecule has 2 amide bonds. The summed E-state index contributed by atoms with van der Waals surface area (Å²) in [5.41, 5.74) is 8.02. The predicted molar refractivity (Wildman–Crippen MR) is 87.8 cm³/mol. The van der Waals surface area contributed by atoms with Crippen LogP contribution in [0.25, 0.3) is 0 Å². The average Bonchev–Trinajstić information content (AvgIpc) is 3.05. The number of nitrogens with two attached hydrogens (primary N) is 1. The number of hydrogen-bond acceptors (Lipinski definition) is 5. The molecule has 0 saturated carbocycles. The molecule has 122 valence electrons. The van der Waals surface area contributed by atoms with Gasteiger partial charge in [-0.1, -0.05) is 0 Å². The lowest BCUT2D eigenvalue weighted by atomic mass is 10.3. The molecule has 7 nitrogen and oxygen atoms in total. The van der Waals surface area contributed by atoms with Crippen molar-refractivity contribution in [3.05, 3.63) is 33.8 Å². The minimum absolute atomic E-state index is 0.0719. The van der Waals surface area contributed by atoms with E-state index in [9.17, 15) is 9.59 Å². The SMILES string of the molecule is CC(=O)N1CCCn2nc(CNC(=O)c3sccc3N)cc2C1. The van der Waals surface area contributed by atoms with E-state index in [-0.39, 0.29) is 11.8 Å². The van der Waals surface area contributed by atoms with Crippen molar-refractivity contribution in [2.45, 2.75) is 33.0 Å². The van der Waals surface area contributed by atoms with Crippen molar-refractivity contribution >= 4 is 28.8 Å². The van der Waals surface area contributed by atoms with Crippen LogP contribution in [-0.2, 0) is 24.4 Å². The Bertz CT molecular complexity index is 736. The molecule has 0 fully saturated rings. The second-order valence-electron chi connectivity index (χ2n) is 5.53. The monoisotopic (exact) mass is 333 g/mol. The Labute approximate surface area is 138 Å². The molecule has 1 aliphatic rings. The Morgan fingerprint density at radius 3 is 2.96 bits per heavy atom. The lowest BCUT2D eigenvalue weighted by Gasteiger charge is -2.17. The van der Waals surface area contributed by atoms with Gasteiger partial charge >= 0.3 is 0 Å². The molecule has 3 heterocycles. The van der Waals surface area contributed by atoms with Crippen molar-refractivity contribution in [1.82, 2.24) is 20.0 Å². The normalized spacial score (nSPS) is 14.2. The van der Waals surface area contributed by atoms with E-state index in [2.05, 4.69) is 10.4 Å². The smallest absolute Gasteiger partial charge is 0.263 e. The largest absolute Gasteiger partial charge is 0.397 e. The van der Waals surface area contributed by atoms with E-state index in [4.69, 9.17) is 5.73 Å². The molecule has 3 N–H and O–H groups in total. The molecular weight excluding hydrogens is 314 g/mol. The molecule has 0 spiro atoms. The third-order valence-electron chi connectivity index (χ3n) is 3.84. The summed E-state index contributed by atoms with van der Waals surface area (Å²) in [6, 6.07) is 3.66. The second-order valence-corrected chi connectivity index (χ2v) is 6.45. The van der Waals surface area contributed by atoms with Gasteiger partial charge in [0.05, 0.1) is 30.2 Å². The number of rotatable bonds is 3. The number of aromatic nitrogens is 2. The van der Waals surface area contributed by atoms with Crippen molar-refractivity contribution in [2.75, 3.05) is 12.3 Å². The van der Waals surface area contributed by atoms with Crippen LogP contribution >= 0.6 is 11.3 Å². The average molecular weight is 333 g/mol. The van der Waals surface area contributed by atoms with Gasteiger partial charge in [0.15, 0.2) is 0 Å². The lowest BCUT2D eigenvalue weighted by Crippen LogP contribution is -2.28. The van der Waals surface area contributed by atoms with E-state index in [0.29, 0.717) is 23.7 Å². The van der Waals surface area contributed by atoms with Crippen LogP contribution in [-0.4, -0.2) is 33.0 Å². The van der Waals surface area contributed by atoms with Gasteiger partial charge in [-0.3, -0.25) is 14.3 Å². The molecule has 0 aromatic carbocycles. The molecule has 0 bridgehead atoms. The van der Waals surface area contributed by atoms with E-state index in [1.165, 1.54) is 11.3 Å². The predicted octanol–water partition coefficient (Wildman–Crippen LogP) is 1.21. The van der Waals surface area contributed by atoms with Crippen molar-refractivity contribution in [3.8, 4) is 0 Å². The first-order valence-corrected chi connectivity index (χ1v) is 8.35. The van der Waals surface area contributed by atoms with Gasteiger partial charge in [-0.15, -0.1) is 11.3 Å². The van der Waals surface area contributed by atoms with Crippen LogP contribution in [0.2, 0.25) is 0 Å². The molecule has 23 heavy (non-hydrogen) atoms. The highest BCUT2D eigenvalue weighted by atomic mass is 32.1. The molecule has 8 heteroatoms. The topological polar surface area (TPSA) is 93.2 Å². The summed E-state index contributed by atoms with van der Waals surface area (Å²) in [5, 5.41) is 9.14. The number of nitrogen functional groups attached to an aromatic ring is 1. The van der Waals surface area contributed by atoms with Crippen molar-refractivity contribution < 1.29 is 9.59 Å². The van der Waals surface area contributed by atoms with Crippen LogP contribution < -0.4 is 11.1 Å². The maximum atomic E-state index is 12.1. The molecule has 2 aromatic heterocycles. The van der Waals surface area contributed by atoms with Crippen LogP contribution in [0.4, 0.5) is 5.69 Å². The first-order valence-electron chi connectivity index (χ1n) is 7.47. The number of anilines is 1. The van der Waals surface area contributed by atoms with Gasteiger partial charge in [-0.2, -0.15) is 5.10 Å². The van der Waals surface area contributed by atoms with Gasteiger partial charge in [0.2, 0.25) is 5.91 Å². The molecule has 0 atom stereocenters. The Morgan fingerprint density at radius 1 is 1.43 bits per heavy atom. The van der Waals surface area contributed by atoms with Crippen LogP contribution in [0, 0.1) is 0 Å². The summed E-state index contributed by atoms with van der Waals surface area (Å²) in [4.78, 5) is 26.0. The molecular formula is C15H19N5O2S. The third-order valence-corrected chi connectivity index (χ3v) is 4.77. The Morgan fingerprint density at radius 2 is 2.26 bits per heavy atom. The number of hydrogen-bond donors (Lipinski definition) is 2. The Kier molecular flexibility index (Phi) is 4.33. The first kappa shape index (κ1) is 15.5. The highest BCUT2D eigenvalue weighted by Crippen LogP contribution is 2.19. The van der Waals surface area contributed by atoms with E-state index in [0.717, 1.165) is 30.9 Å². The Hall–Kier alpha value is -2.35. The van der Waals surface area contributed by atoms with Crippen LogP contribution in [0.3, 0.4) is 0 Å². The van der Waals surface area contributed by atoms with E-state index < -0.39 is 0 Å². The second kappa shape index (κ2) is 6.41. The highest BCUT2D eigenvalue weighted by molar-refractivity contribution is 7.12. The van der Waals surface area contributed by atoms with E-state index >= 15 is 0 Å². The number of carbonyl (C=O) groups excluding carboxylic acids is 2. The zero-order valence-electron chi connectivity index (χ0n) is 12.9. The maximum absolute atomic E-state index is 12.1. The summed E-state index contributed by atoms with van der Waals surface area (Å²) in [5.74, 6) is -0.117. The number of nitrogens with one attached hydrogen (secondary N) is 1. The summed E-state index contributed by atoms with van der Waals surface area (Å²) in [7, 11) is 0. The maximum Gasteiger partial charge on any atom is 0.263 e. The van der Waals surface area contributed by atoms with Gasteiger partial charge in [0.25, 0.3) is 5.91 Å². The zero-order chi connectivity index (χ0) is 16.4. The molecule has 0 aliphatic carbocycles. The lowest BCUT2D eigenvalue weighted by molar-refractivity contribution is -0.129. The first-order chi connectivity index (χ1) is 11.0. The summed E-state index contributed by atoms with van der Waals surface area (Å²) >= 11 is 1.32. The Balaban J connectivity index is 1.66. The zero-order valence-corrected chi connectivity index (χ0v) is 13.7. The quantitative estimate of drug-likeness (QED) is 0.883. The molecule has 2 aromatic rings. The standard InChI is InChI=1S/C15H19N5O2S/c1-10(21)19-4-2-5-20-12(9-19)7-11(18-20)8-17-15(22)14-13(16)3-6-23-14/h3,6-7H,2,4-5,8-9,16H2,1H3,(H,17,22). The van der Waals surface area contributed by atoms with Gasteiger partial charge in [0, 0.05) is 20.0 Å². The minimum Gasteiger partial charge on any atom is -0.397 e. The third kappa shape index (κ3) is 3.37. The number of fused-ring (bicyclic) bond motifs is 1. The summed E-state index contributed by atoms with van der Waals surface area (Å²) in [6.45, 7) is 4.02. The van der Waals surface area contributed by atoms with E-state index in [1.54, 1.807) is 18.4 Å². The summed E-state index contributed by atoms with van der Waals surface area (Å²) < 4.78 is 1.92. The van der Waals surface area contributed by atoms with Crippen molar-refractivity contribution in [3.63, 3.8) is 0 Å². The molecule has 0 radical (unpaired) electrons. The van der Waals surface area contributed by atoms with E-state index in [1.807, 2.05) is 15.6 Å². The van der Waals surface area contributed by atoms with Crippen LogP contribution in [0.15, 0.2) is 17.5 Å². The van der Waals surface area contributed by atoms with Crippen molar-refractivity contribution in [1.29, 1.82) is 0 Å². The number of amides is 2. The number of aryl methyl sites for hydroxylation is 1. The van der Waals surface area contributed by atoms with Gasteiger partial charge in [-0.25, -0.2) is 0 Å². The fraction of sp³-hybridized carbons (Fsp3) is 0.400. The fourth-order valence-corrected chi connectivity index (χ4v) is 3.37. The van der Waals surface area contributed by atoms with Crippen LogP contribution in [0.5, 0.6) is 0 Å². The minimum atomic E-state index is -0.189. The van der Waals surface area contributed by atoms with Gasteiger partial charge in [-0.05, 0) is 23.9 Å². The van der Waals surface area contributed by atoms with Gasteiger partial charge in [0.1, 0.15) is 4.88 Å². The molecule has 1 aliphatic heterocycles. The molecule has 0 saturated heterocycles. The highest BCUT2D eigenvalue weighted by Gasteiger charge is 2.18. The number of nitrogens with zero attached hydrogens (tertiary/aromatic N) is 3. The number of carbonyl (C=O) groups is 2. The van der Waals surface area contributed by atoms with Gasteiger partial charge < -0.3 is 16.0 Å². The molecule has 3 rings (SSSR count). The van der Waals surface area contributed by atoms with Crippen LogP contribution in [0.1, 0.15) is 34.4 Å². The fourth-order valence-electron chi connectivity index (χ4n) is 2.63. The number of thiophene rings is 1. The summed E-state index contributed by atoms with van der Waals surface area (Å²) in [6.07, 6.45) is 0.881. The molecule has 0 unspecified atom stereocenters.